The Morgan fingerprint density at radius 3 is 2.33 bits per heavy atom. The molecule has 100 valence electrons. The summed E-state index contributed by atoms with van der Waals surface area (Å²) in [4.78, 5) is 9.11. The highest BCUT2D eigenvalue weighted by molar-refractivity contribution is 5.49. The normalized spacial score (nSPS) is 18.1. The second-order valence-corrected chi connectivity index (χ2v) is 5.79. The maximum Gasteiger partial charge on any atom is 0.135 e. The van der Waals surface area contributed by atoms with Crippen LogP contribution in [0.5, 0.6) is 0 Å². The minimum atomic E-state index is 0.202. The zero-order valence-corrected chi connectivity index (χ0v) is 11.9. The molecule has 1 saturated carbocycles. The second kappa shape index (κ2) is 5.12. The van der Waals surface area contributed by atoms with Crippen molar-refractivity contribution in [2.45, 2.75) is 57.9 Å². The minimum absolute atomic E-state index is 0.202. The average molecular weight is 248 g/mol. The molecule has 1 aromatic rings. The molecule has 1 aliphatic rings. The van der Waals surface area contributed by atoms with Gasteiger partial charge in [-0.05, 0) is 19.8 Å². The number of anilines is 2. The van der Waals surface area contributed by atoms with Gasteiger partial charge in [0.2, 0.25) is 0 Å². The molecule has 2 rings (SSSR count). The molecule has 4 heteroatoms. The van der Waals surface area contributed by atoms with Gasteiger partial charge in [-0.25, -0.2) is 9.97 Å². The Labute approximate surface area is 110 Å². The third-order valence-electron chi connectivity index (χ3n) is 3.65. The standard InChI is InChI=1S/C14H24N4/c1-10(2)13-16-11(15-4)9-12(17-13)18-14(3)7-5-6-8-14/h9-10H,5-8H2,1-4H3,(H2,15,16,17,18). The Morgan fingerprint density at radius 1 is 1.17 bits per heavy atom. The summed E-state index contributed by atoms with van der Waals surface area (Å²) in [5.41, 5.74) is 0.202. The molecular formula is C14H24N4. The van der Waals surface area contributed by atoms with Crippen LogP contribution in [0.25, 0.3) is 0 Å². The SMILES string of the molecule is CNc1cc(NC2(C)CCCC2)nc(C(C)C)n1. The number of rotatable bonds is 4. The molecule has 0 bridgehead atoms. The molecule has 0 saturated heterocycles. The highest BCUT2D eigenvalue weighted by Gasteiger charge is 2.28. The van der Waals surface area contributed by atoms with Gasteiger partial charge in [0.05, 0.1) is 0 Å². The first-order valence-corrected chi connectivity index (χ1v) is 6.87. The topological polar surface area (TPSA) is 49.8 Å². The van der Waals surface area contributed by atoms with Gasteiger partial charge in [-0.2, -0.15) is 0 Å². The van der Waals surface area contributed by atoms with E-state index >= 15 is 0 Å². The highest BCUT2D eigenvalue weighted by atomic mass is 15.1. The van der Waals surface area contributed by atoms with E-state index in [9.17, 15) is 0 Å². The van der Waals surface area contributed by atoms with Gasteiger partial charge in [0.25, 0.3) is 0 Å². The Bertz CT molecular complexity index is 408. The van der Waals surface area contributed by atoms with Crippen LogP contribution in [-0.2, 0) is 0 Å². The van der Waals surface area contributed by atoms with Crippen molar-refractivity contribution in [2.24, 2.45) is 0 Å². The summed E-state index contributed by atoms with van der Waals surface area (Å²) < 4.78 is 0. The maximum absolute atomic E-state index is 4.63. The van der Waals surface area contributed by atoms with Crippen molar-refractivity contribution in [1.29, 1.82) is 0 Å². The lowest BCUT2D eigenvalue weighted by Gasteiger charge is -2.26. The summed E-state index contributed by atoms with van der Waals surface area (Å²) in [5, 5.41) is 6.71. The molecule has 0 aromatic carbocycles. The lowest BCUT2D eigenvalue weighted by molar-refractivity contribution is 0.530. The van der Waals surface area contributed by atoms with Crippen molar-refractivity contribution >= 4 is 11.6 Å². The summed E-state index contributed by atoms with van der Waals surface area (Å²) in [6, 6.07) is 2.00. The summed E-state index contributed by atoms with van der Waals surface area (Å²) >= 11 is 0. The lowest BCUT2D eigenvalue weighted by Crippen LogP contribution is -2.31. The van der Waals surface area contributed by atoms with Crippen LogP contribution < -0.4 is 10.6 Å². The first-order valence-electron chi connectivity index (χ1n) is 6.87. The first-order chi connectivity index (χ1) is 8.52. The minimum Gasteiger partial charge on any atom is -0.373 e. The fourth-order valence-electron chi connectivity index (χ4n) is 2.51. The van der Waals surface area contributed by atoms with E-state index in [0.717, 1.165) is 17.5 Å². The Hall–Kier alpha value is -1.32. The van der Waals surface area contributed by atoms with Crippen LogP contribution in [0, 0.1) is 0 Å². The number of nitrogens with zero attached hydrogens (tertiary/aromatic N) is 2. The van der Waals surface area contributed by atoms with Crippen molar-refractivity contribution in [2.75, 3.05) is 17.7 Å². The lowest BCUT2D eigenvalue weighted by atomic mass is 10.0. The Kier molecular flexibility index (Phi) is 3.73. The second-order valence-electron chi connectivity index (χ2n) is 5.79. The average Bonchev–Trinajstić information content (AvgIpc) is 2.75. The molecular weight excluding hydrogens is 224 g/mol. The molecule has 0 radical (unpaired) electrons. The fraction of sp³-hybridized carbons (Fsp3) is 0.714. The van der Waals surface area contributed by atoms with Crippen molar-refractivity contribution in [3.63, 3.8) is 0 Å². The zero-order valence-electron chi connectivity index (χ0n) is 11.9. The van der Waals surface area contributed by atoms with E-state index in [0.29, 0.717) is 5.92 Å². The molecule has 1 fully saturated rings. The van der Waals surface area contributed by atoms with Crippen molar-refractivity contribution in [3.8, 4) is 0 Å². The van der Waals surface area contributed by atoms with Crippen LogP contribution in [0.2, 0.25) is 0 Å². The Balaban J connectivity index is 2.23. The van der Waals surface area contributed by atoms with Gasteiger partial charge >= 0.3 is 0 Å². The van der Waals surface area contributed by atoms with E-state index in [1.54, 1.807) is 0 Å². The van der Waals surface area contributed by atoms with Crippen LogP contribution in [0.3, 0.4) is 0 Å². The molecule has 0 atom stereocenters. The summed E-state index contributed by atoms with van der Waals surface area (Å²) in [7, 11) is 1.90. The number of hydrogen-bond acceptors (Lipinski definition) is 4. The quantitative estimate of drug-likeness (QED) is 0.857. The van der Waals surface area contributed by atoms with Crippen LogP contribution in [-0.4, -0.2) is 22.6 Å². The van der Waals surface area contributed by atoms with E-state index in [1.165, 1.54) is 25.7 Å². The molecule has 0 unspecified atom stereocenters. The highest BCUT2D eigenvalue weighted by Crippen LogP contribution is 2.32. The van der Waals surface area contributed by atoms with Gasteiger partial charge < -0.3 is 10.6 Å². The summed E-state index contributed by atoms with van der Waals surface area (Å²) in [6.45, 7) is 6.53. The largest absolute Gasteiger partial charge is 0.373 e. The van der Waals surface area contributed by atoms with E-state index in [-0.39, 0.29) is 5.54 Å². The summed E-state index contributed by atoms with van der Waals surface area (Å²) in [6.07, 6.45) is 5.07. The molecule has 0 spiro atoms. The van der Waals surface area contributed by atoms with E-state index < -0.39 is 0 Å². The number of aromatic nitrogens is 2. The van der Waals surface area contributed by atoms with Crippen LogP contribution in [0.4, 0.5) is 11.6 Å². The maximum atomic E-state index is 4.63. The van der Waals surface area contributed by atoms with Gasteiger partial charge in [-0.3, -0.25) is 0 Å². The number of nitrogens with one attached hydrogen (secondary N) is 2. The van der Waals surface area contributed by atoms with E-state index in [1.807, 2.05) is 13.1 Å². The predicted octanol–water partition coefficient (Wildman–Crippen LogP) is 3.39. The third kappa shape index (κ3) is 2.92. The van der Waals surface area contributed by atoms with E-state index in [4.69, 9.17) is 0 Å². The fourth-order valence-corrected chi connectivity index (χ4v) is 2.51. The molecule has 2 N–H and O–H groups in total. The van der Waals surface area contributed by atoms with Crippen molar-refractivity contribution < 1.29 is 0 Å². The number of hydrogen-bond donors (Lipinski definition) is 2. The van der Waals surface area contributed by atoms with Gasteiger partial charge in [0.15, 0.2) is 0 Å². The van der Waals surface area contributed by atoms with Gasteiger partial charge in [0.1, 0.15) is 17.5 Å². The molecule has 1 aromatic heterocycles. The zero-order chi connectivity index (χ0) is 13.2. The van der Waals surface area contributed by atoms with Crippen molar-refractivity contribution in [1.82, 2.24) is 9.97 Å². The van der Waals surface area contributed by atoms with Gasteiger partial charge in [0, 0.05) is 24.6 Å². The molecule has 18 heavy (non-hydrogen) atoms. The Morgan fingerprint density at radius 2 is 1.78 bits per heavy atom. The molecule has 1 aliphatic carbocycles. The summed E-state index contributed by atoms with van der Waals surface area (Å²) in [5.74, 6) is 3.07. The predicted molar refractivity (Wildman–Crippen MR) is 76.2 cm³/mol. The molecule has 0 amide bonds. The smallest absolute Gasteiger partial charge is 0.135 e. The van der Waals surface area contributed by atoms with Gasteiger partial charge in [-0.15, -0.1) is 0 Å². The first kappa shape index (κ1) is 13.1. The van der Waals surface area contributed by atoms with E-state index in [2.05, 4.69) is 41.4 Å². The van der Waals surface area contributed by atoms with Crippen molar-refractivity contribution in [3.05, 3.63) is 11.9 Å². The molecule has 4 nitrogen and oxygen atoms in total. The third-order valence-corrected chi connectivity index (χ3v) is 3.65. The molecule has 1 heterocycles. The van der Waals surface area contributed by atoms with Gasteiger partial charge in [-0.1, -0.05) is 26.7 Å². The molecule has 0 aliphatic heterocycles. The van der Waals surface area contributed by atoms with Crippen LogP contribution >= 0.6 is 0 Å². The van der Waals surface area contributed by atoms with Crippen LogP contribution in [0.15, 0.2) is 6.07 Å². The van der Waals surface area contributed by atoms with Crippen LogP contribution in [0.1, 0.15) is 58.2 Å². The monoisotopic (exact) mass is 248 g/mol.